The third-order valence-corrected chi connectivity index (χ3v) is 8.23. The molecule has 1 N–H and O–H groups in total. The van der Waals surface area contributed by atoms with Crippen LogP contribution in [0.5, 0.6) is 0 Å². The number of anilines is 2. The van der Waals surface area contributed by atoms with Crippen LogP contribution >= 0.6 is 11.6 Å². The number of hydrogen-bond acceptors (Lipinski definition) is 8. The van der Waals surface area contributed by atoms with Crippen molar-refractivity contribution in [3.05, 3.63) is 41.2 Å². The zero-order chi connectivity index (χ0) is 24.8. The van der Waals surface area contributed by atoms with Crippen LogP contribution in [0.25, 0.3) is 11.2 Å². The zero-order valence-corrected chi connectivity index (χ0v) is 20.8. The van der Waals surface area contributed by atoms with Crippen molar-refractivity contribution in [1.29, 1.82) is 0 Å². The summed E-state index contributed by atoms with van der Waals surface area (Å²) in [6, 6.07) is 5.30. The van der Waals surface area contributed by atoms with Crippen molar-refractivity contribution in [2.45, 2.75) is 75.3 Å². The largest absolute Gasteiger partial charge is 0.394 e. The quantitative estimate of drug-likeness (QED) is 0.523. The standard InChI is InChI=1S/C25H27ClFN5O4/c1-24(2)35-18-15(10-33)34-22(19(18)36-24)32-12-28-16-20(29-23(26)30-21(16)32)31-11-25(8-3-4-9-25)13-6-5-7-14(27)17(13)31/h5-7,12,15,18-19,22,33H,3-4,8-11H2,1-2H3/t15-,18+,19?,22-/m1/s1. The lowest BCUT2D eigenvalue weighted by Crippen LogP contribution is -2.31. The van der Waals surface area contributed by atoms with E-state index >= 15 is 4.39 Å². The Bertz CT molecular complexity index is 1360. The van der Waals surface area contributed by atoms with E-state index in [0.29, 0.717) is 29.2 Å². The Labute approximate surface area is 212 Å². The molecule has 9 nitrogen and oxygen atoms in total. The topological polar surface area (TPSA) is 94.8 Å². The number of fused-ring (bicyclic) bond motifs is 4. The number of hydrogen-bond donors (Lipinski definition) is 1. The summed E-state index contributed by atoms with van der Waals surface area (Å²) < 4.78 is 35.3. The molecule has 0 bridgehead atoms. The van der Waals surface area contributed by atoms with E-state index in [4.69, 9.17) is 25.8 Å². The molecule has 1 aromatic carbocycles. The van der Waals surface area contributed by atoms with Crippen LogP contribution in [0.15, 0.2) is 24.5 Å². The van der Waals surface area contributed by atoms with Crippen molar-refractivity contribution in [1.82, 2.24) is 19.5 Å². The molecular weight excluding hydrogens is 489 g/mol. The molecule has 1 saturated carbocycles. The molecule has 2 saturated heterocycles. The molecule has 1 spiro atoms. The summed E-state index contributed by atoms with van der Waals surface area (Å²) in [5, 5.41) is 9.92. The van der Waals surface area contributed by atoms with Gasteiger partial charge in [0.25, 0.3) is 0 Å². The molecule has 3 aliphatic heterocycles. The highest BCUT2D eigenvalue weighted by atomic mass is 35.5. The summed E-state index contributed by atoms with van der Waals surface area (Å²) >= 11 is 6.45. The summed E-state index contributed by atoms with van der Waals surface area (Å²) in [6.45, 7) is 4.06. The number of halogens is 2. The number of benzene rings is 1. The predicted octanol–water partition coefficient (Wildman–Crippen LogP) is 3.99. The number of aliphatic hydroxyl groups is 1. The van der Waals surface area contributed by atoms with Gasteiger partial charge in [-0.15, -0.1) is 0 Å². The minimum absolute atomic E-state index is 0.0293. The molecule has 0 amide bonds. The van der Waals surface area contributed by atoms with Gasteiger partial charge in [-0.05, 0) is 49.9 Å². The molecule has 3 aromatic rings. The fourth-order valence-electron chi connectivity index (χ4n) is 6.62. The normalized spacial score (nSPS) is 30.0. The fourth-order valence-corrected chi connectivity index (χ4v) is 6.78. The van der Waals surface area contributed by atoms with Gasteiger partial charge in [0.1, 0.15) is 24.1 Å². The van der Waals surface area contributed by atoms with Gasteiger partial charge in [0, 0.05) is 12.0 Å². The van der Waals surface area contributed by atoms with E-state index in [9.17, 15) is 5.11 Å². The van der Waals surface area contributed by atoms with Crippen LogP contribution in [0.1, 0.15) is 51.3 Å². The van der Waals surface area contributed by atoms with Gasteiger partial charge in [0.05, 0.1) is 18.6 Å². The minimum atomic E-state index is -0.814. The molecular formula is C25H27ClFN5O4. The fraction of sp³-hybridized carbons (Fsp3) is 0.560. The van der Waals surface area contributed by atoms with E-state index in [-0.39, 0.29) is 23.1 Å². The van der Waals surface area contributed by atoms with Crippen LogP contribution < -0.4 is 4.90 Å². The van der Waals surface area contributed by atoms with Crippen molar-refractivity contribution in [2.24, 2.45) is 0 Å². The lowest BCUT2D eigenvalue weighted by molar-refractivity contribution is -0.199. The van der Waals surface area contributed by atoms with Gasteiger partial charge < -0.3 is 24.2 Å². The smallest absolute Gasteiger partial charge is 0.226 e. The van der Waals surface area contributed by atoms with E-state index in [1.807, 2.05) is 24.8 Å². The molecule has 4 atom stereocenters. The molecule has 3 fully saturated rings. The van der Waals surface area contributed by atoms with Gasteiger partial charge >= 0.3 is 0 Å². The molecule has 0 radical (unpaired) electrons. The highest BCUT2D eigenvalue weighted by molar-refractivity contribution is 6.28. The Balaban J connectivity index is 1.35. The monoisotopic (exact) mass is 515 g/mol. The Morgan fingerprint density at radius 1 is 1.17 bits per heavy atom. The first-order valence-corrected chi connectivity index (χ1v) is 12.8. The second-order valence-electron chi connectivity index (χ2n) is 10.7. The highest BCUT2D eigenvalue weighted by Gasteiger charge is 2.56. The summed E-state index contributed by atoms with van der Waals surface area (Å²) in [5.74, 6) is -0.633. The maximum Gasteiger partial charge on any atom is 0.226 e. The van der Waals surface area contributed by atoms with Crippen molar-refractivity contribution in [2.75, 3.05) is 18.1 Å². The molecule has 36 heavy (non-hydrogen) atoms. The number of nitrogens with zero attached hydrogens (tertiary/aromatic N) is 5. The SMILES string of the molecule is CC1(C)OC2[C@@H](O1)[C@@H](CO)O[C@H]2n1cnc2c(N3CC4(CCCC4)c4cccc(F)c43)nc(Cl)nc21. The van der Waals surface area contributed by atoms with Crippen molar-refractivity contribution < 1.29 is 23.7 Å². The molecule has 190 valence electrons. The van der Waals surface area contributed by atoms with Crippen molar-refractivity contribution in [3.8, 4) is 0 Å². The average molecular weight is 516 g/mol. The number of ether oxygens (including phenoxy) is 3. The van der Waals surface area contributed by atoms with E-state index in [0.717, 1.165) is 31.2 Å². The Morgan fingerprint density at radius 2 is 1.94 bits per heavy atom. The predicted molar refractivity (Wildman–Crippen MR) is 129 cm³/mol. The summed E-state index contributed by atoms with van der Waals surface area (Å²) in [7, 11) is 0. The van der Waals surface area contributed by atoms with Crippen LogP contribution in [0.3, 0.4) is 0 Å². The molecule has 1 aliphatic carbocycles. The van der Waals surface area contributed by atoms with Crippen molar-refractivity contribution >= 4 is 34.3 Å². The van der Waals surface area contributed by atoms with Crippen LogP contribution in [0, 0.1) is 5.82 Å². The van der Waals surface area contributed by atoms with Crippen LogP contribution in [0.2, 0.25) is 5.28 Å². The summed E-state index contributed by atoms with van der Waals surface area (Å²) in [4.78, 5) is 15.6. The first-order chi connectivity index (χ1) is 17.3. The highest BCUT2D eigenvalue weighted by Crippen LogP contribution is 2.54. The maximum atomic E-state index is 15.3. The van der Waals surface area contributed by atoms with Crippen LogP contribution in [-0.2, 0) is 19.6 Å². The first-order valence-electron chi connectivity index (χ1n) is 12.4. The maximum absolute atomic E-state index is 15.3. The van der Waals surface area contributed by atoms with Crippen LogP contribution in [0.4, 0.5) is 15.9 Å². The zero-order valence-electron chi connectivity index (χ0n) is 20.0. The number of aliphatic hydroxyl groups excluding tert-OH is 1. The third kappa shape index (κ3) is 3.18. The average Bonchev–Trinajstić information content (AvgIpc) is 3.64. The molecule has 4 aliphatic rings. The van der Waals surface area contributed by atoms with E-state index in [1.54, 1.807) is 17.0 Å². The Hall–Kier alpha value is -2.37. The van der Waals surface area contributed by atoms with Gasteiger partial charge in [0.15, 0.2) is 29.0 Å². The van der Waals surface area contributed by atoms with E-state index in [2.05, 4.69) is 15.0 Å². The first kappa shape index (κ1) is 22.8. The van der Waals surface area contributed by atoms with E-state index < -0.39 is 30.3 Å². The number of aromatic nitrogens is 4. The van der Waals surface area contributed by atoms with Crippen molar-refractivity contribution in [3.63, 3.8) is 0 Å². The third-order valence-electron chi connectivity index (χ3n) is 8.06. The molecule has 7 rings (SSSR count). The van der Waals surface area contributed by atoms with Gasteiger partial charge in [-0.25, -0.2) is 9.37 Å². The van der Waals surface area contributed by atoms with E-state index in [1.165, 1.54) is 6.07 Å². The second kappa shape index (κ2) is 7.82. The van der Waals surface area contributed by atoms with Gasteiger partial charge in [-0.3, -0.25) is 4.57 Å². The molecule has 2 aromatic heterocycles. The molecule has 5 heterocycles. The second-order valence-corrected chi connectivity index (χ2v) is 11.0. The lowest BCUT2D eigenvalue weighted by Gasteiger charge is -2.25. The summed E-state index contributed by atoms with van der Waals surface area (Å²) in [5.41, 5.74) is 2.39. The lowest BCUT2D eigenvalue weighted by atomic mass is 9.81. The number of para-hydroxylation sites is 1. The summed E-state index contributed by atoms with van der Waals surface area (Å²) in [6.07, 6.45) is 3.74. The molecule has 1 unspecified atom stereocenters. The van der Waals surface area contributed by atoms with Crippen LogP contribution in [-0.4, -0.2) is 61.9 Å². The Morgan fingerprint density at radius 3 is 2.72 bits per heavy atom. The molecule has 11 heteroatoms. The van der Waals surface area contributed by atoms with Gasteiger partial charge in [-0.2, -0.15) is 9.97 Å². The Kier molecular flexibility index (Phi) is 4.95. The number of rotatable bonds is 3. The number of imidazole rings is 1. The van der Waals surface area contributed by atoms with Gasteiger partial charge in [-0.1, -0.05) is 25.0 Å². The minimum Gasteiger partial charge on any atom is -0.394 e. The van der Waals surface area contributed by atoms with Gasteiger partial charge in [0.2, 0.25) is 5.28 Å².